The maximum atomic E-state index is 12.3. The number of halogens is 1. The van der Waals surface area contributed by atoms with Crippen molar-refractivity contribution in [2.24, 2.45) is 0 Å². The van der Waals surface area contributed by atoms with Gasteiger partial charge in [-0.05, 0) is 29.6 Å². The van der Waals surface area contributed by atoms with E-state index in [1.54, 1.807) is 24.3 Å². The summed E-state index contributed by atoms with van der Waals surface area (Å²) in [5, 5.41) is 13.2. The molecule has 0 aliphatic carbocycles. The van der Waals surface area contributed by atoms with Crippen molar-refractivity contribution in [2.75, 3.05) is 5.32 Å². The Bertz CT molecular complexity index is 1320. The molecular weight excluding hydrogens is 494 g/mol. The van der Waals surface area contributed by atoms with Gasteiger partial charge < -0.3 is 9.15 Å². The zero-order chi connectivity index (χ0) is 22.5. The fourth-order valence-corrected chi connectivity index (χ4v) is 4.83. The smallest absolute Gasteiger partial charge is 0.343 e. The summed E-state index contributed by atoms with van der Waals surface area (Å²) in [6.45, 7) is 0. The van der Waals surface area contributed by atoms with Gasteiger partial charge in [0.1, 0.15) is 12.0 Å². The summed E-state index contributed by atoms with van der Waals surface area (Å²) in [4.78, 5) is 37.1. The molecule has 0 aliphatic heterocycles. The normalized spacial score (nSPS) is 10.7. The molecular formula is C20H12ClN3O5S3. The van der Waals surface area contributed by atoms with E-state index in [0.29, 0.717) is 30.9 Å². The minimum atomic E-state index is -0.715. The van der Waals surface area contributed by atoms with Crippen molar-refractivity contribution in [3.05, 3.63) is 85.6 Å². The van der Waals surface area contributed by atoms with Crippen molar-refractivity contribution < 1.29 is 18.7 Å². The minimum absolute atomic E-state index is 0.217. The molecule has 0 radical (unpaired) electrons. The zero-order valence-corrected chi connectivity index (χ0v) is 19.1. The molecule has 0 saturated carbocycles. The first-order valence-electron chi connectivity index (χ1n) is 8.88. The molecule has 1 amide bonds. The van der Waals surface area contributed by atoms with E-state index in [1.807, 2.05) is 5.38 Å². The van der Waals surface area contributed by atoms with Gasteiger partial charge in [0, 0.05) is 11.1 Å². The number of thioether (sulfide) groups is 1. The number of hydrogen-bond donors (Lipinski definition) is 1. The lowest BCUT2D eigenvalue weighted by Gasteiger charge is -2.04. The Morgan fingerprint density at radius 2 is 2.06 bits per heavy atom. The van der Waals surface area contributed by atoms with Gasteiger partial charge in [-0.15, -0.1) is 21.5 Å². The number of carbonyl (C=O) groups is 2. The number of anilines is 1. The highest BCUT2D eigenvalue weighted by atomic mass is 35.5. The number of hydrogen-bond acceptors (Lipinski definition) is 10. The van der Waals surface area contributed by atoms with Crippen LogP contribution in [-0.2, 0) is 5.75 Å². The molecule has 1 aromatic carbocycles. The predicted octanol–water partition coefficient (Wildman–Crippen LogP) is 4.97. The maximum absolute atomic E-state index is 12.3. The monoisotopic (exact) mass is 505 g/mol. The summed E-state index contributed by atoms with van der Waals surface area (Å²) in [7, 11) is 0. The second-order valence-electron chi connectivity index (χ2n) is 6.07. The third-order valence-corrected chi connectivity index (χ3v) is 6.92. The number of nitrogens with zero attached hydrogens (tertiary/aromatic N) is 2. The molecule has 162 valence electrons. The number of aromatic nitrogens is 2. The van der Waals surface area contributed by atoms with Gasteiger partial charge in [0.2, 0.25) is 16.3 Å². The van der Waals surface area contributed by atoms with Gasteiger partial charge in [0.05, 0.1) is 16.2 Å². The molecule has 0 bridgehead atoms. The number of amides is 1. The van der Waals surface area contributed by atoms with Gasteiger partial charge >= 0.3 is 5.97 Å². The third kappa shape index (κ3) is 5.62. The molecule has 32 heavy (non-hydrogen) atoms. The Labute approximate surface area is 198 Å². The van der Waals surface area contributed by atoms with Crippen LogP contribution in [0.2, 0.25) is 5.02 Å². The molecule has 8 nitrogen and oxygen atoms in total. The number of esters is 1. The number of nitrogens with one attached hydrogen (secondary N) is 1. The van der Waals surface area contributed by atoms with E-state index in [2.05, 4.69) is 15.5 Å². The van der Waals surface area contributed by atoms with Crippen LogP contribution in [0.3, 0.4) is 0 Å². The summed E-state index contributed by atoms with van der Waals surface area (Å²) >= 11 is 9.68. The molecule has 3 aromatic heterocycles. The van der Waals surface area contributed by atoms with Crippen LogP contribution in [0.15, 0.2) is 67.7 Å². The van der Waals surface area contributed by atoms with Crippen molar-refractivity contribution in [1.29, 1.82) is 0 Å². The molecule has 0 spiro atoms. The van der Waals surface area contributed by atoms with Crippen LogP contribution in [0, 0.1) is 0 Å². The first kappa shape index (κ1) is 22.2. The number of ether oxygens (including phenoxy) is 1. The average Bonchev–Trinajstić information content (AvgIpc) is 3.46. The van der Waals surface area contributed by atoms with Crippen LogP contribution in [0.4, 0.5) is 5.13 Å². The summed E-state index contributed by atoms with van der Waals surface area (Å²) in [5.74, 6) is -0.528. The topological polar surface area (TPSA) is 111 Å². The van der Waals surface area contributed by atoms with Crippen LogP contribution in [0.5, 0.6) is 5.75 Å². The molecule has 0 unspecified atom stereocenters. The van der Waals surface area contributed by atoms with Gasteiger partial charge in [0.25, 0.3) is 5.91 Å². The van der Waals surface area contributed by atoms with E-state index < -0.39 is 11.4 Å². The van der Waals surface area contributed by atoms with E-state index in [9.17, 15) is 14.4 Å². The Morgan fingerprint density at radius 1 is 1.19 bits per heavy atom. The van der Waals surface area contributed by atoms with Gasteiger partial charge in [-0.3, -0.25) is 14.9 Å². The Morgan fingerprint density at radius 3 is 2.81 bits per heavy atom. The van der Waals surface area contributed by atoms with Crippen molar-refractivity contribution in [3.8, 4) is 5.75 Å². The molecule has 12 heteroatoms. The lowest BCUT2D eigenvalue weighted by atomic mass is 10.2. The molecule has 4 rings (SSSR count). The van der Waals surface area contributed by atoms with Crippen LogP contribution in [0.25, 0.3) is 0 Å². The van der Waals surface area contributed by atoms with E-state index in [-0.39, 0.29) is 17.2 Å². The summed E-state index contributed by atoms with van der Waals surface area (Å²) in [6.07, 6.45) is 1.09. The largest absolute Gasteiger partial charge is 0.464 e. The maximum Gasteiger partial charge on any atom is 0.343 e. The quantitative estimate of drug-likeness (QED) is 0.213. The summed E-state index contributed by atoms with van der Waals surface area (Å²) in [5.41, 5.74) is -0.279. The van der Waals surface area contributed by atoms with E-state index in [1.165, 1.54) is 52.6 Å². The molecule has 3 heterocycles. The molecule has 0 atom stereocenters. The SMILES string of the molecule is O=C(Oc1coc(CSc2nnc(NC(=O)c3cccs3)s2)cc1=O)c1cccc(Cl)c1. The van der Waals surface area contributed by atoms with Crippen molar-refractivity contribution >= 4 is 63.0 Å². The Hall–Kier alpha value is -2.99. The van der Waals surface area contributed by atoms with E-state index in [0.717, 1.165) is 6.26 Å². The lowest BCUT2D eigenvalue weighted by Crippen LogP contribution is -2.14. The first-order chi connectivity index (χ1) is 15.5. The number of carbonyl (C=O) groups excluding carboxylic acids is 2. The standard InChI is InChI=1S/C20H12ClN3O5S3/c21-12-4-1-3-11(7-12)18(27)29-15-9-28-13(8-14(15)25)10-31-20-24-23-19(32-20)22-17(26)16-5-2-6-30-16/h1-9H,10H2,(H,22,23,26). The fraction of sp³-hybridized carbons (Fsp3) is 0.0500. The molecule has 1 N–H and O–H groups in total. The Kier molecular flexibility index (Phi) is 7.00. The predicted molar refractivity (Wildman–Crippen MR) is 123 cm³/mol. The van der Waals surface area contributed by atoms with Crippen molar-refractivity contribution in [2.45, 2.75) is 10.1 Å². The van der Waals surface area contributed by atoms with Crippen LogP contribution in [0.1, 0.15) is 25.8 Å². The van der Waals surface area contributed by atoms with E-state index >= 15 is 0 Å². The minimum Gasteiger partial charge on any atom is -0.464 e. The molecule has 4 aromatic rings. The van der Waals surface area contributed by atoms with Gasteiger partial charge in [-0.1, -0.05) is 46.8 Å². The fourth-order valence-electron chi connectivity index (χ4n) is 2.38. The van der Waals surface area contributed by atoms with Gasteiger partial charge in [-0.2, -0.15) is 0 Å². The summed E-state index contributed by atoms with van der Waals surface area (Å²) < 4.78 is 11.1. The zero-order valence-electron chi connectivity index (χ0n) is 15.9. The lowest BCUT2D eigenvalue weighted by molar-refractivity contribution is 0.0728. The molecule has 0 saturated heterocycles. The highest BCUT2D eigenvalue weighted by molar-refractivity contribution is 8.00. The second-order valence-corrected chi connectivity index (χ2v) is 9.65. The van der Waals surface area contributed by atoms with Crippen molar-refractivity contribution in [1.82, 2.24) is 10.2 Å². The van der Waals surface area contributed by atoms with Crippen molar-refractivity contribution in [3.63, 3.8) is 0 Å². The molecule has 0 aliphatic rings. The highest BCUT2D eigenvalue weighted by Gasteiger charge is 2.14. The molecule has 0 fully saturated rings. The highest BCUT2D eigenvalue weighted by Crippen LogP contribution is 2.28. The van der Waals surface area contributed by atoms with Gasteiger partial charge in [-0.25, -0.2) is 4.79 Å². The first-order valence-corrected chi connectivity index (χ1v) is 11.9. The summed E-state index contributed by atoms with van der Waals surface area (Å²) in [6, 6.07) is 10.9. The van der Waals surface area contributed by atoms with Crippen LogP contribution < -0.4 is 15.5 Å². The number of thiophene rings is 1. The number of benzene rings is 1. The van der Waals surface area contributed by atoms with Crippen LogP contribution in [-0.4, -0.2) is 22.1 Å². The number of rotatable bonds is 7. The third-order valence-electron chi connectivity index (χ3n) is 3.83. The van der Waals surface area contributed by atoms with Crippen LogP contribution >= 0.6 is 46.0 Å². The second kappa shape index (κ2) is 10.1. The average molecular weight is 506 g/mol. The Balaban J connectivity index is 1.34. The van der Waals surface area contributed by atoms with E-state index in [4.69, 9.17) is 20.8 Å². The van der Waals surface area contributed by atoms with Gasteiger partial charge in [0.15, 0.2) is 4.34 Å².